The summed E-state index contributed by atoms with van der Waals surface area (Å²) in [6.45, 7) is 4.85. The van der Waals surface area contributed by atoms with Crippen LogP contribution >= 0.6 is 0 Å². The van der Waals surface area contributed by atoms with Crippen LogP contribution in [0.2, 0.25) is 0 Å². The van der Waals surface area contributed by atoms with Crippen LogP contribution in [-0.2, 0) is 19.6 Å². The molecule has 2 N–H and O–H groups in total. The normalized spacial score (nSPS) is 11.2. The average molecular weight is 615 g/mol. The van der Waals surface area contributed by atoms with Crippen molar-refractivity contribution in [3.05, 3.63) is 113 Å². The maximum Gasteiger partial charge on any atom is 0.264 e. The molecule has 0 radical (unpaired) electrons. The summed E-state index contributed by atoms with van der Waals surface area (Å²) < 4.78 is 39.2. The largest absolute Gasteiger partial charge is 0.495 e. The van der Waals surface area contributed by atoms with Gasteiger partial charge < -0.3 is 14.8 Å². The molecule has 0 aliphatic rings. The first kappa shape index (κ1) is 31.8. The number of amides is 2. The molecule has 10 nitrogen and oxygen atoms in total. The van der Waals surface area contributed by atoms with Gasteiger partial charge in [0.1, 0.15) is 18.0 Å². The molecule has 11 heteroatoms. The molecule has 0 fully saturated rings. The summed E-state index contributed by atoms with van der Waals surface area (Å²) in [5, 5.41) is 6.74. The Morgan fingerprint density at radius 3 is 2.25 bits per heavy atom. The molecule has 4 aromatic carbocycles. The molecule has 0 spiro atoms. The number of benzene rings is 4. The standard InChI is InChI=1S/C33H34N4O6S/c1-23-10-17-28(18-11-23)44(40,41)37(30-19-24(2)9-12-25(30)3)21-32(38)36-34-20-26-13-15-27(16-14-26)43-22-33(39)35-29-7-5-6-8-31(29)42-4/h5-20H,21-22H2,1-4H3,(H,35,39)(H,36,38)/b34-20-. The number of nitrogens with one attached hydrogen (secondary N) is 2. The maximum atomic E-state index is 13.7. The molecular weight excluding hydrogens is 580 g/mol. The zero-order valence-corrected chi connectivity index (χ0v) is 25.7. The molecule has 4 aromatic rings. The second-order valence-electron chi connectivity index (χ2n) is 10.0. The van der Waals surface area contributed by atoms with Gasteiger partial charge in [-0.05, 0) is 92.1 Å². The summed E-state index contributed by atoms with van der Waals surface area (Å²) in [6, 6.07) is 25.7. The summed E-state index contributed by atoms with van der Waals surface area (Å²) >= 11 is 0. The molecule has 0 saturated carbocycles. The number of methoxy groups -OCH3 is 1. The van der Waals surface area contributed by atoms with E-state index in [1.165, 1.54) is 25.5 Å². The predicted molar refractivity (Wildman–Crippen MR) is 171 cm³/mol. The van der Waals surface area contributed by atoms with Crippen LogP contribution in [-0.4, -0.2) is 46.7 Å². The molecule has 228 valence electrons. The Morgan fingerprint density at radius 2 is 1.55 bits per heavy atom. The third kappa shape index (κ3) is 8.23. The van der Waals surface area contributed by atoms with Crippen LogP contribution < -0.4 is 24.5 Å². The van der Waals surface area contributed by atoms with Crippen LogP contribution in [0.4, 0.5) is 11.4 Å². The SMILES string of the molecule is COc1ccccc1NC(=O)COc1ccc(/C=N\NC(=O)CN(c2cc(C)ccc2C)S(=O)(=O)c2ccc(C)cc2)cc1. The van der Waals surface area contributed by atoms with Gasteiger partial charge in [-0.15, -0.1) is 0 Å². The molecular formula is C33H34N4O6S. The van der Waals surface area contributed by atoms with E-state index in [2.05, 4.69) is 15.8 Å². The van der Waals surface area contributed by atoms with Crippen molar-refractivity contribution in [2.75, 3.05) is 29.9 Å². The minimum absolute atomic E-state index is 0.0832. The van der Waals surface area contributed by atoms with Gasteiger partial charge in [-0.1, -0.05) is 42.0 Å². The van der Waals surface area contributed by atoms with E-state index in [0.29, 0.717) is 34.0 Å². The smallest absolute Gasteiger partial charge is 0.264 e. The van der Waals surface area contributed by atoms with Gasteiger partial charge in [-0.2, -0.15) is 5.10 Å². The van der Waals surface area contributed by atoms with Gasteiger partial charge in [0, 0.05) is 0 Å². The number of anilines is 2. The van der Waals surface area contributed by atoms with Crippen molar-refractivity contribution in [3.63, 3.8) is 0 Å². The van der Waals surface area contributed by atoms with E-state index in [1.807, 2.05) is 26.0 Å². The minimum Gasteiger partial charge on any atom is -0.495 e. The number of hydrogen-bond acceptors (Lipinski definition) is 7. The molecule has 2 amide bonds. The van der Waals surface area contributed by atoms with Gasteiger partial charge in [-0.3, -0.25) is 13.9 Å². The number of aryl methyl sites for hydroxylation is 3. The summed E-state index contributed by atoms with van der Waals surface area (Å²) in [6.07, 6.45) is 1.42. The topological polar surface area (TPSA) is 126 Å². The number of nitrogens with zero attached hydrogens (tertiary/aromatic N) is 2. The van der Waals surface area contributed by atoms with Crippen LogP contribution in [0.1, 0.15) is 22.3 Å². The van der Waals surface area contributed by atoms with Crippen LogP contribution in [0.5, 0.6) is 11.5 Å². The number of carbonyl (C=O) groups is 2. The Morgan fingerprint density at radius 1 is 0.864 bits per heavy atom. The first-order valence-corrected chi connectivity index (χ1v) is 15.1. The predicted octanol–water partition coefficient (Wildman–Crippen LogP) is 4.98. The van der Waals surface area contributed by atoms with Gasteiger partial charge in [0.25, 0.3) is 21.8 Å². The van der Waals surface area contributed by atoms with E-state index in [9.17, 15) is 18.0 Å². The zero-order chi connectivity index (χ0) is 31.7. The van der Waals surface area contributed by atoms with Crippen molar-refractivity contribution in [1.82, 2.24) is 5.43 Å². The Bertz CT molecular complexity index is 1750. The molecule has 4 rings (SSSR count). The first-order chi connectivity index (χ1) is 21.1. The second-order valence-corrected chi connectivity index (χ2v) is 11.9. The highest BCUT2D eigenvalue weighted by atomic mass is 32.2. The van der Waals surface area contributed by atoms with Gasteiger partial charge in [0.05, 0.1) is 29.6 Å². The molecule has 0 aromatic heterocycles. The zero-order valence-electron chi connectivity index (χ0n) is 24.9. The maximum absolute atomic E-state index is 13.7. The monoisotopic (exact) mass is 614 g/mol. The van der Waals surface area contributed by atoms with Crippen molar-refractivity contribution in [3.8, 4) is 11.5 Å². The van der Waals surface area contributed by atoms with Gasteiger partial charge in [-0.25, -0.2) is 13.8 Å². The first-order valence-electron chi connectivity index (χ1n) is 13.7. The quantitative estimate of drug-likeness (QED) is 0.171. The fraction of sp³-hybridized carbons (Fsp3) is 0.182. The van der Waals surface area contributed by atoms with Crippen molar-refractivity contribution < 1.29 is 27.5 Å². The molecule has 0 aliphatic carbocycles. The highest BCUT2D eigenvalue weighted by Crippen LogP contribution is 2.28. The summed E-state index contributed by atoms with van der Waals surface area (Å²) in [5.41, 5.74) is 6.51. The van der Waals surface area contributed by atoms with Gasteiger partial charge in [0.15, 0.2) is 6.61 Å². The molecule has 0 saturated heterocycles. The molecule has 0 heterocycles. The number of sulfonamides is 1. The lowest BCUT2D eigenvalue weighted by Crippen LogP contribution is -2.40. The fourth-order valence-electron chi connectivity index (χ4n) is 4.20. The third-order valence-electron chi connectivity index (χ3n) is 6.56. The molecule has 0 aliphatic heterocycles. The lowest BCUT2D eigenvalue weighted by molar-refractivity contribution is -0.119. The Kier molecular flexibility index (Phi) is 10.4. The van der Waals surface area contributed by atoms with Crippen molar-refractivity contribution in [2.45, 2.75) is 25.7 Å². The average Bonchev–Trinajstić information content (AvgIpc) is 3.01. The van der Waals surface area contributed by atoms with Crippen LogP contribution in [0.3, 0.4) is 0 Å². The van der Waals surface area contributed by atoms with Gasteiger partial charge >= 0.3 is 0 Å². The number of para-hydroxylation sites is 2. The highest BCUT2D eigenvalue weighted by Gasteiger charge is 2.28. The number of hydrogen-bond donors (Lipinski definition) is 2. The van der Waals surface area contributed by atoms with Crippen molar-refractivity contribution in [2.24, 2.45) is 5.10 Å². The van der Waals surface area contributed by atoms with Crippen molar-refractivity contribution >= 4 is 39.4 Å². The van der Waals surface area contributed by atoms with Crippen LogP contribution in [0, 0.1) is 20.8 Å². The highest BCUT2D eigenvalue weighted by molar-refractivity contribution is 7.92. The summed E-state index contributed by atoms with van der Waals surface area (Å²) in [5.74, 6) is 0.0512. The van der Waals surface area contributed by atoms with E-state index in [-0.39, 0.29) is 17.4 Å². The number of rotatable bonds is 12. The van der Waals surface area contributed by atoms with Gasteiger partial charge in [0.2, 0.25) is 0 Å². The van der Waals surface area contributed by atoms with Crippen LogP contribution in [0.15, 0.2) is 101 Å². The number of carbonyl (C=O) groups excluding carboxylic acids is 2. The molecule has 0 bridgehead atoms. The Hall–Kier alpha value is -5.16. The Labute approximate surface area is 257 Å². The molecule has 44 heavy (non-hydrogen) atoms. The van der Waals surface area contributed by atoms with E-state index in [1.54, 1.807) is 73.7 Å². The fourth-order valence-corrected chi connectivity index (χ4v) is 5.68. The molecule has 0 unspecified atom stereocenters. The van der Waals surface area contributed by atoms with Crippen molar-refractivity contribution in [1.29, 1.82) is 0 Å². The van der Waals surface area contributed by atoms with Crippen LogP contribution in [0.25, 0.3) is 0 Å². The van der Waals surface area contributed by atoms with E-state index >= 15 is 0 Å². The second kappa shape index (κ2) is 14.3. The Balaban J connectivity index is 1.37. The van der Waals surface area contributed by atoms with E-state index in [4.69, 9.17) is 9.47 Å². The third-order valence-corrected chi connectivity index (χ3v) is 8.34. The number of ether oxygens (including phenoxy) is 2. The lowest BCUT2D eigenvalue weighted by atomic mass is 10.1. The van der Waals surface area contributed by atoms with E-state index in [0.717, 1.165) is 15.4 Å². The minimum atomic E-state index is -4.05. The number of hydrazone groups is 1. The summed E-state index contributed by atoms with van der Waals surface area (Å²) in [7, 11) is -2.52. The summed E-state index contributed by atoms with van der Waals surface area (Å²) in [4.78, 5) is 25.3. The lowest BCUT2D eigenvalue weighted by Gasteiger charge is -2.25. The molecule has 0 atom stereocenters. The van der Waals surface area contributed by atoms with E-state index < -0.39 is 22.5 Å².